The van der Waals surface area contributed by atoms with Crippen molar-refractivity contribution in [1.82, 2.24) is 0 Å². The van der Waals surface area contributed by atoms with Gasteiger partial charge >= 0.3 is 5.97 Å². The first kappa shape index (κ1) is 11.9. The molecule has 0 aromatic carbocycles. The Morgan fingerprint density at radius 3 is 3.07 bits per heavy atom. The third-order valence-electron chi connectivity index (χ3n) is 1.52. The van der Waals surface area contributed by atoms with Crippen molar-refractivity contribution in [2.75, 3.05) is 6.61 Å². The largest absolute Gasteiger partial charge is 0.478 e. The number of aromatic carboxylic acids is 1. The first-order valence-electron chi connectivity index (χ1n) is 4.13. The minimum atomic E-state index is -1.03. The van der Waals surface area contributed by atoms with Crippen LogP contribution in [0.15, 0.2) is 29.6 Å². The summed E-state index contributed by atoms with van der Waals surface area (Å²) in [6, 6.07) is 0. The molecule has 5 nitrogen and oxygen atoms in total. The zero-order valence-electron chi connectivity index (χ0n) is 7.93. The van der Waals surface area contributed by atoms with Crippen molar-refractivity contribution in [3.05, 3.63) is 36.3 Å². The molecule has 0 saturated heterocycles. The van der Waals surface area contributed by atoms with Gasteiger partial charge < -0.3 is 18.6 Å². The summed E-state index contributed by atoms with van der Waals surface area (Å²) in [4.78, 5) is 10.7. The number of carboxylic acid groups (broad SMARTS) is 1. The molecule has 1 rings (SSSR count). The SMILES string of the molecule is C=CCOPOCc1cocc1C(=O)O. The van der Waals surface area contributed by atoms with E-state index in [4.69, 9.17) is 18.6 Å². The topological polar surface area (TPSA) is 68.9 Å². The van der Waals surface area contributed by atoms with Crippen molar-refractivity contribution < 1.29 is 23.4 Å². The standard InChI is InChI=1S/C9H11O5P/c1-2-3-13-15-14-5-7-4-12-6-8(7)9(10)11/h2,4,6,15H,1,3,5H2,(H,10,11). The predicted molar refractivity (Wildman–Crippen MR) is 54.9 cm³/mol. The Morgan fingerprint density at radius 1 is 1.60 bits per heavy atom. The summed E-state index contributed by atoms with van der Waals surface area (Å²) in [5.74, 6) is -1.03. The fourth-order valence-corrected chi connectivity index (χ4v) is 1.35. The van der Waals surface area contributed by atoms with Crippen LogP contribution < -0.4 is 0 Å². The van der Waals surface area contributed by atoms with Crippen molar-refractivity contribution in [3.8, 4) is 0 Å². The minimum Gasteiger partial charge on any atom is -0.478 e. The first-order chi connectivity index (χ1) is 7.25. The molecule has 1 heterocycles. The van der Waals surface area contributed by atoms with Crippen LogP contribution in [0.3, 0.4) is 0 Å². The van der Waals surface area contributed by atoms with Gasteiger partial charge in [-0.05, 0) is 0 Å². The molecule has 1 N–H and O–H groups in total. The second-order valence-electron chi connectivity index (χ2n) is 2.59. The lowest BCUT2D eigenvalue weighted by atomic mass is 10.2. The molecule has 1 aromatic rings. The maximum Gasteiger partial charge on any atom is 0.339 e. The van der Waals surface area contributed by atoms with E-state index in [0.717, 1.165) is 0 Å². The number of hydrogen-bond donors (Lipinski definition) is 1. The summed E-state index contributed by atoms with van der Waals surface area (Å²) in [6.07, 6.45) is 4.13. The minimum absolute atomic E-state index is 0.114. The first-order valence-corrected chi connectivity index (χ1v) is 4.95. The van der Waals surface area contributed by atoms with Gasteiger partial charge in [-0.2, -0.15) is 0 Å². The van der Waals surface area contributed by atoms with Crippen LogP contribution in [-0.2, 0) is 15.7 Å². The van der Waals surface area contributed by atoms with Crippen LogP contribution in [0.25, 0.3) is 0 Å². The molecule has 0 saturated carbocycles. The molecule has 1 atom stereocenters. The molecule has 0 bridgehead atoms. The van der Waals surface area contributed by atoms with Gasteiger partial charge in [0.2, 0.25) is 0 Å². The average Bonchev–Trinajstić information content (AvgIpc) is 2.66. The molecule has 0 spiro atoms. The number of rotatable bonds is 7. The van der Waals surface area contributed by atoms with E-state index >= 15 is 0 Å². The van der Waals surface area contributed by atoms with Crippen molar-refractivity contribution in [2.24, 2.45) is 0 Å². The predicted octanol–water partition coefficient (Wildman–Crippen LogP) is 2.21. The molecule has 0 radical (unpaired) electrons. The summed E-state index contributed by atoms with van der Waals surface area (Å²) < 4.78 is 14.9. The van der Waals surface area contributed by atoms with E-state index in [1.807, 2.05) is 0 Å². The normalized spacial score (nSPS) is 10.9. The van der Waals surface area contributed by atoms with Gasteiger partial charge in [-0.15, -0.1) is 6.58 Å². The Balaban J connectivity index is 2.34. The molecule has 15 heavy (non-hydrogen) atoms. The lowest BCUT2D eigenvalue weighted by molar-refractivity contribution is 0.0693. The Hall–Kier alpha value is -1.16. The monoisotopic (exact) mass is 230 g/mol. The molecule has 82 valence electrons. The van der Waals surface area contributed by atoms with Gasteiger partial charge in [-0.3, -0.25) is 0 Å². The van der Waals surface area contributed by atoms with Crippen molar-refractivity contribution in [2.45, 2.75) is 6.61 Å². The molecular formula is C9H11O5P. The number of furan rings is 1. The highest BCUT2D eigenvalue weighted by Gasteiger charge is 2.12. The maximum atomic E-state index is 10.7. The van der Waals surface area contributed by atoms with Crippen LogP contribution in [0.1, 0.15) is 15.9 Å². The molecule has 0 aliphatic carbocycles. The Labute approximate surface area is 88.6 Å². The van der Waals surface area contributed by atoms with E-state index < -0.39 is 5.97 Å². The molecule has 6 heteroatoms. The van der Waals surface area contributed by atoms with Crippen LogP contribution in [0.4, 0.5) is 0 Å². The van der Waals surface area contributed by atoms with Crippen LogP contribution in [0.5, 0.6) is 0 Å². The van der Waals surface area contributed by atoms with E-state index in [0.29, 0.717) is 12.2 Å². The Morgan fingerprint density at radius 2 is 2.40 bits per heavy atom. The molecule has 1 unspecified atom stereocenters. The summed E-state index contributed by atoms with van der Waals surface area (Å²) in [7, 11) is -0.139. The van der Waals surface area contributed by atoms with Gasteiger partial charge in [0.1, 0.15) is 11.8 Å². The van der Waals surface area contributed by atoms with Crippen molar-refractivity contribution in [3.63, 3.8) is 0 Å². The van der Waals surface area contributed by atoms with Gasteiger partial charge in [0.25, 0.3) is 0 Å². The summed E-state index contributed by atoms with van der Waals surface area (Å²) in [5, 5.41) is 8.74. The Kier molecular flexibility index (Phi) is 5.04. The van der Waals surface area contributed by atoms with Crippen LogP contribution >= 0.6 is 9.03 Å². The molecule has 0 amide bonds. The van der Waals surface area contributed by atoms with Gasteiger partial charge in [0, 0.05) is 5.56 Å². The highest BCUT2D eigenvalue weighted by atomic mass is 31.1. The van der Waals surface area contributed by atoms with E-state index in [2.05, 4.69) is 6.58 Å². The summed E-state index contributed by atoms with van der Waals surface area (Å²) in [5.41, 5.74) is 0.612. The smallest absolute Gasteiger partial charge is 0.339 e. The number of hydrogen-bond acceptors (Lipinski definition) is 4. The average molecular weight is 230 g/mol. The fraction of sp³-hybridized carbons (Fsp3) is 0.222. The summed E-state index contributed by atoms with van der Waals surface area (Å²) >= 11 is 0. The highest BCUT2D eigenvalue weighted by Crippen LogP contribution is 2.19. The van der Waals surface area contributed by atoms with Crippen LogP contribution in [-0.4, -0.2) is 17.7 Å². The lowest BCUT2D eigenvalue weighted by Crippen LogP contribution is -1.98. The van der Waals surface area contributed by atoms with E-state index in [1.54, 1.807) is 6.08 Å². The molecule has 1 aromatic heterocycles. The van der Waals surface area contributed by atoms with Gasteiger partial charge in [-0.25, -0.2) is 4.79 Å². The van der Waals surface area contributed by atoms with Gasteiger partial charge in [-0.1, -0.05) is 6.08 Å². The van der Waals surface area contributed by atoms with Gasteiger partial charge in [0.05, 0.1) is 19.5 Å². The zero-order chi connectivity index (χ0) is 11.1. The zero-order valence-corrected chi connectivity index (χ0v) is 8.93. The van der Waals surface area contributed by atoms with Crippen LogP contribution in [0, 0.1) is 0 Å². The number of carbonyl (C=O) groups is 1. The molecule has 0 fully saturated rings. The second kappa shape index (κ2) is 6.35. The highest BCUT2D eigenvalue weighted by molar-refractivity contribution is 7.26. The fourth-order valence-electron chi connectivity index (χ4n) is 0.865. The molecule has 0 aliphatic rings. The maximum absolute atomic E-state index is 10.7. The lowest BCUT2D eigenvalue weighted by Gasteiger charge is -2.01. The van der Waals surface area contributed by atoms with E-state index in [1.165, 1.54) is 12.5 Å². The quantitative estimate of drug-likeness (QED) is 0.441. The van der Waals surface area contributed by atoms with E-state index in [-0.39, 0.29) is 21.2 Å². The molecular weight excluding hydrogens is 219 g/mol. The third kappa shape index (κ3) is 3.83. The van der Waals surface area contributed by atoms with Gasteiger partial charge in [0.15, 0.2) is 9.03 Å². The van der Waals surface area contributed by atoms with Crippen molar-refractivity contribution >= 4 is 15.0 Å². The molecule has 0 aliphatic heterocycles. The third-order valence-corrected chi connectivity index (χ3v) is 2.07. The summed E-state index contributed by atoms with van der Waals surface area (Å²) in [6.45, 7) is 4.05. The van der Waals surface area contributed by atoms with E-state index in [9.17, 15) is 4.79 Å². The van der Waals surface area contributed by atoms with Crippen molar-refractivity contribution in [1.29, 1.82) is 0 Å². The second-order valence-corrected chi connectivity index (χ2v) is 3.33. The number of carboxylic acids is 1. The van der Waals surface area contributed by atoms with Crippen LogP contribution in [0.2, 0.25) is 0 Å². The Bertz CT molecular complexity index is 333.